The predicted octanol–water partition coefficient (Wildman–Crippen LogP) is 2.76. The second-order valence-corrected chi connectivity index (χ2v) is 8.34. The highest BCUT2D eigenvalue weighted by atomic mass is 16.2. The second kappa shape index (κ2) is 7.61. The zero-order chi connectivity index (χ0) is 21.5. The number of nitrogens with zero attached hydrogens (tertiary/aromatic N) is 5. The highest BCUT2D eigenvalue weighted by Gasteiger charge is 2.35. The Morgan fingerprint density at radius 2 is 1.94 bits per heavy atom. The molecule has 2 aromatic carbocycles. The van der Waals surface area contributed by atoms with Gasteiger partial charge in [-0.05, 0) is 84.5 Å². The summed E-state index contributed by atoms with van der Waals surface area (Å²) in [6.07, 6.45) is 3.55. The van der Waals surface area contributed by atoms with E-state index in [4.69, 9.17) is 0 Å². The number of carbonyl (C=O) groups is 2. The lowest BCUT2D eigenvalue weighted by atomic mass is 10.1. The summed E-state index contributed by atoms with van der Waals surface area (Å²) in [6.45, 7) is 4.18. The molecule has 0 bridgehead atoms. The molecule has 2 heterocycles. The third-order valence-corrected chi connectivity index (χ3v) is 6.22. The van der Waals surface area contributed by atoms with E-state index in [2.05, 4.69) is 33.0 Å². The molecular weight excluding hydrogens is 392 g/mol. The molecule has 0 radical (unpaired) electrons. The Labute approximate surface area is 180 Å². The van der Waals surface area contributed by atoms with E-state index in [1.807, 2.05) is 38.1 Å². The van der Waals surface area contributed by atoms with Crippen molar-refractivity contribution in [2.24, 2.45) is 5.92 Å². The lowest BCUT2D eigenvalue weighted by Gasteiger charge is -2.18. The van der Waals surface area contributed by atoms with E-state index in [-0.39, 0.29) is 24.2 Å². The molecule has 31 heavy (non-hydrogen) atoms. The maximum absolute atomic E-state index is 12.9. The minimum atomic E-state index is -0.389. The molecule has 1 fully saturated rings. The van der Waals surface area contributed by atoms with Crippen molar-refractivity contribution in [2.45, 2.75) is 39.5 Å². The van der Waals surface area contributed by atoms with E-state index in [0.717, 1.165) is 29.8 Å². The van der Waals surface area contributed by atoms with Crippen molar-refractivity contribution in [2.75, 3.05) is 16.8 Å². The predicted molar refractivity (Wildman–Crippen MR) is 116 cm³/mol. The molecule has 1 aliphatic carbocycles. The second-order valence-electron chi connectivity index (χ2n) is 8.34. The first-order valence-corrected chi connectivity index (χ1v) is 10.6. The number of carbonyl (C=O) groups excluding carboxylic acids is 2. The van der Waals surface area contributed by atoms with Crippen LogP contribution in [0.4, 0.5) is 11.4 Å². The van der Waals surface area contributed by atoms with Crippen LogP contribution in [-0.4, -0.2) is 38.6 Å². The number of nitrogens with one attached hydrogen (secondary N) is 1. The van der Waals surface area contributed by atoms with Crippen LogP contribution >= 0.6 is 0 Å². The average molecular weight is 416 g/mol. The Morgan fingerprint density at radius 3 is 2.74 bits per heavy atom. The number of amides is 2. The summed E-state index contributed by atoms with van der Waals surface area (Å²) in [5, 5.41) is 14.6. The maximum atomic E-state index is 12.9. The number of hydrogen-bond acceptors (Lipinski definition) is 5. The molecule has 1 atom stereocenters. The summed E-state index contributed by atoms with van der Waals surface area (Å²) < 4.78 is 1.64. The molecule has 2 aliphatic rings. The van der Waals surface area contributed by atoms with Crippen LogP contribution in [0.1, 0.15) is 35.4 Å². The van der Waals surface area contributed by atoms with Gasteiger partial charge in [0.2, 0.25) is 11.8 Å². The zero-order valence-electron chi connectivity index (χ0n) is 17.6. The summed E-state index contributed by atoms with van der Waals surface area (Å²) in [4.78, 5) is 27.3. The molecule has 1 saturated heterocycles. The van der Waals surface area contributed by atoms with E-state index < -0.39 is 0 Å². The van der Waals surface area contributed by atoms with E-state index in [1.54, 1.807) is 9.58 Å². The molecule has 1 unspecified atom stereocenters. The first-order chi connectivity index (χ1) is 15.0. The zero-order valence-corrected chi connectivity index (χ0v) is 17.6. The van der Waals surface area contributed by atoms with Crippen LogP contribution in [0.15, 0.2) is 36.4 Å². The molecule has 8 nitrogen and oxygen atoms in total. The van der Waals surface area contributed by atoms with Gasteiger partial charge in [0.15, 0.2) is 5.82 Å². The Morgan fingerprint density at radius 1 is 1.10 bits per heavy atom. The van der Waals surface area contributed by atoms with E-state index in [0.29, 0.717) is 18.1 Å². The number of benzene rings is 2. The standard InChI is InChI=1S/C23H24N6O2/c1-14-6-8-19(12-21(14)29-15(2)25-26-27-29)24-23(31)18-11-22(30)28(13-18)20-9-7-16-4-3-5-17(16)10-20/h6-10,12,18H,3-5,11,13H2,1-2H3,(H,24,31). The number of aromatic nitrogens is 4. The summed E-state index contributed by atoms with van der Waals surface area (Å²) in [6, 6.07) is 11.9. The molecule has 1 N–H and O–H groups in total. The van der Waals surface area contributed by atoms with Crippen LogP contribution in [0.5, 0.6) is 0 Å². The van der Waals surface area contributed by atoms with Gasteiger partial charge < -0.3 is 10.2 Å². The SMILES string of the molecule is Cc1ccc(NC(=O)C2CC(=O)N(c3ccc4c(c3)CCC4)C2)cc1-n1nnnc1C. The van der Waals surface area contributed by atoms with Gasteiger partial charge in [-0.15, -0.1) is 5.10 Å². The lowest BCUT2D eigenvalue weighted by molar-refractivity contribution is -0.122. The largest absolute Gasteiger partial charge is 0.326 e. The maximum Gasteiger partial charge on any atom is 0.229 e. The van der Waals surface area contributed by atoms with Gasteiger partial charge in [0, 0.05) is 24.3 Å². The number of fused-ring (bicyclic) bond motifs is 1. The van der Waals surface area contributed by atoms with Gasteiger partial charge in [0.1, 0.15) is 0 Å². The first kappa shape index (κ1) is 19.4. The van der Waals surface area contributed by atoms with Crippen molar-refractivity contribution >= 4 is 23.2 Å². The van der Waals surface area contributed by atoms with Gasteiger partial charge in [-0.1, -0.05) is 12.1 Å². The number of anilines is 2. The molecule has 5 rings (SSSR count). The first-order valence-electron chi connectivity index (χ1n) is 10.6. The highest BCUT2D eigenvalue weighted by molar-refractivity contribution is 6.03. The highest BCUT2D eigenvalue weighted by Crippen LogP contribution is 2.31. The molecule has 2 amide bonds. The van der Waals surface area contributed by atoms with Crippen molar-refractivity contribution in [3.8, 4) is 5.69 Å². The van der Waals surface area contributed by atoms with Gasteiger partial charge in [-0.3, -0.25) is 9.59 Å². The number of aryl methyl sites for hydroxylation is 4. The fourth-order valence-corrected chi connectivity index (χ4v) is 4.47. The van der Waals surface area contributed by atoms with Gasteiger partial charge >= 0.3 is 0 Å². The molecule has 0 spiro atoms. The van der Waals surface area contributed by atoms with E-state index in [1.165, 1.54) is 17.5 Å². The van der Waals surface area contributed by atoms with Crippen LogP contribution in [0, 0.1) is 19.8 Å². The summed E-state index contributed by atoms with van der Waals surface area (Å²) in [7, 11) is 0. The molecule has 158 valence electrons. The van der Waals surface area contributed by atoms with Crippen molar-refractivity contribution < 1.29 is 9.59 Å². The third kappa shape index (κ3) is 3.58. The Bertz CT molecular complexity index is 1180. The van der Waals surface area contributed by atoms with Gasteiger partial charge in [-0.2, -0.15) is 4.68 Å². The normalized spacial score (nSPS) is 17.8. The molecule has 1 aliphatic heterocycles. The number of rotatable bonds is 4. The molecule has 0 saturated carbocycles. The summed E-state index contributed by atoms with van der Waals surface area (Å²) >= 11 is 0. The minimum absolute atomic E-state index is 0.00740. The fourth-order valence-electron chi connectivity index (χ4n) is 4.47. The Hall–Kier alpha value is -3.55. The van der Waals surface area contributed by atoms with Crippen LogP contribution < -0.4 is 10.2 Å². The molecule has 8 heteroatoms. The van der Waals surface area contributed by atoms with Crippen molar-refractivity contribution in [1.29, 1.82) is 0 Å². The molecule has 3 aromatic rings. The topological polar surface area (TPSA) is 93.0 Å². The van der Waals surface area contributed by atoms with Crippen molar-refractivity contribution in [1.82, 2.24) is 20.2 Å². The van der Waals surface area contributed by atoms with Crippen LogP contribution in [0.25, 0.3) is 5.69 Å². The molecular formula is C23H24N6O2. The van der Waals surface area contributed by atoms with E-state index >= 15 is 0 Å². The minimum Gasteiger partial charge on any atom is -0.326 e. The summed E-state index contributed by atoms with van der Waals surface area (Å²) in [5.74, 6) is 0.116. The van der Waals surface area contributed by atoms with Crippen molar-refractivity contribution in [3.63, 3.8) is 0 Å². The molecule has 1 aromatic heterocycles. The monoisotopic (exact) mass is 416 g/mol. The fraction of sp³-hybridized carbons (Fsp3) is 0.348. The van der Waals surface area contributed by atoms with E-state index in [9.17, 15) is 9.59 Å². The van der Waals surface area contributed by atoms with Gasteiger partial charge in [0.25, 0.3) is 0 Å². The Kier molecular flexibility index (Phi) is 4.77. The number of hydrogen-bond donors (Lipinski definition) is 1. The third-order valence-electron chi connectivity index (χ3n) is 6.22. The Balaban J connectivity index is 1.31. The smallest absolute Gasteiger partial charge is 0.229 e. The van der Waals surface area contributed by atoms with Crippen LogP contribution in [-0.2, 0) is 22.4 Å². The van der Waals surface area contributed by atoms with Gasteiger partial charge in [0.05, 0.1) is 11.6 Å². The van der Waals surface area contributed by atoms with Crippen LogP contribution in [0.2, 0.25) is 0 Å². The van der Waals surface area contributed by atoms with Gasteiger partial charge in [-0.25, -0.2) is 0 Å². The van der Waals surface area contributed by atoms with Crippen LogP contribution in [0.3, 0.4) is 0 Å². The summed E-state index contributed by atoms with van der Waals surface area (Å²) in [5.41, 5.74) is 6.05. The quantitative estimate of drug-likeness (QED) is 0.706. The number of tetrazole rings is 1. The van der Waals surface area contributed by atoms with Crippen molar-refractivity contribution in [3.05, 3.63) is 58.9 Å². The average Bonchev–Trinajstić information content (AvgIpc) is 3.48. The lowest BCUT2D eigenvalue weighted by Crippen LogP contribution is -2.28.